The first-order valence-corrected chi connectivity index (χ1v) is 8.04. The predicted molar refractivity (Wildman–Crippen MR) is 89.5 cm³/mol. The van der Waals surface area contributed by atoms with E-state index in [1.54, 1.807) is 0 Å². The summed E-state index contributed by atoms with van der Waals surface area (Å²) < 4.78 is 0. The van der Waals surface area contributed by atoms with Gasteiger partial charge in [-0.25, -0.2) is 0 Å². The summed E-state index contributed by atoms with van der Waals surface area (Å²) in [5.41, 5.74) is 5.12. The quantitative estimate of drug-likeness (QED) is 0.816. The van der Waals surface area contributed by atoms with Gasteiger partial charge in [0.15, 0.2) is 0 Å². The molecule has 2 aromatic carbocycles. The van der Waals surface area contributed by atoms with Gasteiger partial charge in [0.05, 0.1) is 5.57 Å². The van der Waals surface area contributed by atoms with Gasteiger partial charge in [-0.15, -0.1) is 5.06 Å². The lowest BCUT2D eigenvalue weighted by atomic mass is 9.87. The minimum atomic E-state index is -0.353. The highest BCUT2D eigenvalue weighted by Crippen LogP contribution is 2.38. The topological polar surface area (TPSA) is 46.6 Å². The lowest BCUT2D eigenvalue weighted by molar-refractivity contribution is -0.189. The molecule has 2 amide bonds. The summed E-state index contributed by atoms with van der Waals surface area (Å²) in [6.07, 6.45) is 1.36. The number of carbonyl (C=O) groups excluding carboxylic acids is 2. The number of hydroxylamine groups is 2. The molecule has 0 saturated heterocycles. The number of imide groups is 1. The zero-order chi connectivity index (χ0) is 16.7. The van der Waals surface area contributed by atoms with Gasteiger partial charge in [0, 0.05) is 5.57 Å². The normalized spacial score (nSPS) is 16.5. The molecule has 4 nitrogen and oxygen atoms in total. The number of fused-ring (bicyclic) bond motifs is 2. The monoisotopic (exact) mass is 319 g/mol. The summed E-state index contributed by atoms with van der Waals surface area (Å²) in [7, 11) is 0. The van der Waals surface area contributed by atoms with Gasteiger partial charge in [-0.05, 0) is 36.5 Å². The second-order valence-electron chi connectivity index (χ2n) is 6.17. The number of carbonyl (C=O) groups is 2. The van der Waals surface area contributed by atoms with Crippen LogP contribution in [0.2, 0.25) is 0 Å². The second-order valence-corrected chi connectivity index (χ2v) is 6.17. The van der Waals surface area contributed by atoms with Crippen molar-refractivity contribution in [2.75, 3.05) is 0 Å². The SMILES string of the molecule is Cc1ccc(CON2C(=O)C3=C(C2=O)c2ccccc2CC3)cc1. The van der Waals surface area contributed by atoms with E-state index < -0.39 is 0 Å². The van der Waals surface area contributed by atoms with Crippen LogP contribution < -0.4 is 0 Å². The van der Waals surface area contributed by atoms with Gasteiger partial charge in [-0.2, -0.15) is 0 Å². The predicted octanol–water partition coefficient (Wildman–Crippen LogP) is 3.20. The van der Waals surface area contributed by atoms with Crippen LogP contribution in [0.5, 0.6) is 0 Å². The van der Waals surface area contributed by atoms with Crippen LogP contribution in [0.1, 0.15) is 28.7 Å². The van der Waals surface area contributed by atoms with E-state index in [4.69, 9.17) is 4.84 Å². The molecule has 0 saturated carbocycles. The Kier molecular flexibility index (Phi) is 3.54. The highest BCUT2D eigenvalue weighted by Gasteiger charge is 2.42. The Morgan fingerprint density at radius 1 is 0.958 bits per heavy atom. The van der Waals surface area contributed by atoms with Crippen molar-refractivity contribution < 1.29 is 14.4 Å². The first-order chi connectivity index (χ1) is 11.6. The van der Waals surface area contributed by atoms with Crippen LogP contribution in [0.3, 0.4) is 0 Å². The van der Waals surface area contributed by atoms with Crippen LogP contribution in [0.4, 0.5) is 0 Å². The molecule has 0 unspecified atom stereocenters. The van der Waals surface area contributed by atoms with Crippen molar-refractivity contribution in [3.63, 3.8) is 0 Å². The van der Waals surface area contributed by atoms with Crippen LogP contribution in [-0.4, -0.2) is 16.9 Å². The van der Waals surface area contributed by atoms with Crippen molar-refractivity contribution in [3.05, 3.63) is 76.4 Å². The molecule has 1 aliphatic carbocycles. The summed E-state index contributed by atoms with van der Waals surface area (Å²) in [4.78, 5) is 30.8. The fourth-order valence-electron chi connectivity index (χ4n) is 3.24. The van der Waals surface area contributed by atoms with Gasteiger partial charge in [0.25, 0.3) is 11.8 Å². The third-order valence-electron chi connectivity index (χ3n) is 4.55. The van der Waals surface area contributed by atoms with Crippen molar-refractivity contribution in [2.45, 2.75) is 26.4 Å². The maximum absolute atomic E-state index is 12.7. The Balaban J connectivity index is 1.57. The van der Waals surface area contributed by atoms with Gasteiger partial charge < -0.3 is 0 Å². The van der Waals surface area contributed by atoms with E-state index in [0.717, 1.165) is 33.7 Å². The lowest BCUT2D eigenvalue weighted by Crippen LogP contribution is -2.31. The second kappa shape index (κ2) is 5.73. The Bertz CT molecular complexity index is 865. The smallest absolute Gasteiger partial charge is 0.267 e. The zero-order valence-corrected chi connectivity index (χ0v) is 13.4. The largest absolute Gasteiger partial charge is 0.286 e. The summed E-state index contributed by atoms with van der Waals surface area (Å²) in [5, 5.41) is 0.923. The fraction of sp³-hybridized carbons (Fsp3) is 0.200. The van der Waals surface area contributed by atoms with E-state index in [0.29, 0.717) is 17.6 Å². The Morgan fingerprint density at radius 2 is 1.71 bits per heavy atom. The number of amides is 2. The number of rotatable bonds is 3. The number of hydrogen-bond acceptors (Lipinski definition) is 3. The molecule has 4 heteroatoms. The molecule has 0 fully saturated rings. The van der Waals surface area contributed by atoms with Gasteiger partial charge in [0.1, 0.15) is 6.61 Å². The van der Waals surface area contributed by atoms with E-state index in [9.17, 15) is 9.59 Å². The van der Waals surface area contributed by atoms with E-state index in [1.165, 1.54) is 0 Å². The van der Waals surface area contributed by atoms with Crippen molar-refractivity contribution in [3.8, 4) is 0 Å². The van der Waals surface area contributed by atoms with E-state index in [2.05, 4.69) is 0 Å². The first kappa shape index (κ1) is 14.8. The minimum Gasteiger partial charge on any atom is -0.267 e. The van der Waals surface area contributed by atoms with Gasteiger partial charge >= 0.3 is 0 Å². The van der Waals surface area contributed by atoms with Crippen molar-refractivity contribution in [1.29, 1.82) is 0 Å². The van der Waals surface area contributed by atoms with E-state index in [1.807, 2.05) is 55.5 Å². The van der Waals surface area contributed by atoms with Crippen LogP contribution in [0.25, 0.3) is 5.57 Å². The van der Waals surface area contributed by atoms with Gasteiger partial charge in [-0.1, -0.05) is 54.1 Å². The molecule has 2 aromatic rings. The number of nitrogens with zero attached hydrogens (tertiary/aromatic N) is 1. The van der Waals surface area contributed by atoms with Crippen molar-refractivity contribution in [2.24, 2.45) is 0 Å². The molecule has 0 radical (unpaired) electrons. The molecular formula is C20H17NO3. The molecule has 1 heterocycles. The molecule has 0 atom stereocenters. The third-order valence-corrected chi connectivity index (χ3v) is 4.55. The highest BCUT2D eigenvalue weighted by molar-refractivity contribution is 6.35. The van der Waals surface area contributed by atoms with Crippen molar-refractivity contribution in [1.82, 2.24) is 5.06 Å². The molecular weight excluding hydrogens is 302 g/mol. The van der Waals surface area contributed by atoms with Gasteiger partial charge in [0.2, 0.25) is 0 Å². The average Bonchev–Trinajstić information content (AvgIpc) is 2.85. The van der Waals surface area contributed by atoms with Crippen LogP contribution in [-0.2, 0) is 27.5 Å². The number of aryl methyl sites for hydroxylation is 2. The third kappa shape index (κ3) is 2.36. The molecule has 120 valence electrons. The minimum absolute atomic E-state index is 0.194. The summed E-state index contributed by atoms with van der Waals surface area (Å²) in [5.74, 6) is -0.675. The molecule has 24 heavy (non-hydrogen) atoms. The van der Waals surface area contributed by atoms with Crippen LogP contribution >= 0.6 is 0 Å². The molecule has 4 rings (SSSR count). The van der Waals surface area contributed by atoms with Crippen LogP contribution in [0.15, 0.2) is 54.1 Å². The Labute approximate surface area is 140 Å². The standard InChI is InChI=1S/C20H17NO3/c1-13-6-8-14(9-7-13)12-24-21-19(22)17-11-10-15-4-2-3-5-16(15)18(17)20(21)23/h2-9H,10-12H2,1H3. The maximum atomic E-state index is 12.7. The molecule has 0 N–H and O–H groups in total. The first-order valence-electron chi connectivity index (χ1n) is 8.04. The van der Waals surface area contributed by atoms with E-state index in [-0.39, 0.29) is 18.4 Å². The van der Waals surface area contributed by atoms with Gasteiger partial charge in [-0.3, -0.25) is 14.4 Å². The van der Waals surface area contributed by atoms with Crippen LogP contribution in [0, 0.1) is 6.92 Å². The Hall–Kier alpha value is -2.72. The Morgan fingerprint density at radius 3 is 2.50 bits per heavy atom. The van der Waals surface area contributed by atoms with E-state index >= 15 is 0 Å². The van der Waals surface area contributed by atoms with Crippen molar-refractivity contribution >= 4 is 17.4 Å². The molecule has 2 aliphatic rings. The summed E-state index contributed by atoms with van der Waals surface area (Å²) in [6, 6.07) is 15.6. The summed E-state index contributed by atoms with van der Waals surface area (Å²) in [6.45, 7) is 2.20. The molecule has 0 aromatic heterocycles. The summed E-state index contributed by atoms with van der Waals surface area (Å²) >= 11 is 0. The molecule has 0 spiro atoms. The zero-order valence-electron chi connectivity index (χ0n) is 13.4. The highest BCUT2D eigenvalue weighted by atomic mass is 16.7. The maximum Gasteiger partial charge on any atom is 0.286 e. The fourth-order valence-corrected chi connectivity index (χ4v) is 3.24. The molecule has 1 aliphatic heterocycles. The lowest BCUT2D eigenvalue weighted by Gasteiger charge is -2.15. The average molecular weight is 319 g/mol. The molecule has 0 bridgehead atoms. The number of hydrogen-bond donors (Lipinski definition) is 0. The number of benzene rings is 2.